The minimum absolute atomic E-state index is 0.0700. The Balaban J connectivity index is 1.49. The lowest BCUT2D eigenvalue weighted by molar-refractivity contribution is -0.120. The monoisotopic (exact) mass is 538 g/mol. The van der Waals surface area contributed by atoms with Crippen molar-refractivity contribution in [2.45, 2.75) is 29.6 Å². The minimum Gasteiger partial charge on any atom is -0.339 e. The van der Waals surface area contributed by atoms with Crippen molar-refractivity contribution in [3.05, 3.63) is 39.9 Å². The lowest BCUT2D eigenvalue weighted by Gasteiger charge is -2.33. The van der Waals surface area contributed by atoms with Crippen molar-refractivity contribution in [3.8, 4) is 6.07 Å². The summed E-state index contributed by atoms with van der Waals surface area (Å²) in [7, 11) is -2.19. The number of nitrogens with zero attached hydrogens (tertiary/aromatic N) is 6. The SMILES string of the molecule is Cn1cnc(S(=O)(=O)N2C[C@@H]3C[C@H]2[C@@H]2C(=O)N(c4ccc(C#N)c(I)c4)C(=O)N32)c1. The number of piperazine rings is 1. The average molecular weight is 538 g/mol. The van der Waals surface area contributed by atoms with Crippen molar-refractivity contribution in [2.24, 2.45) is 7.05 Å². The highest BCUT2D eigenvalue weighted by Crippen LogP contribution is 2.44. The molecular formula is C18H15IN6O4S. The maximum Gasteiger partial charge on any atom is 0.332 e. The van der Waals surface area contributed by atoms with Crippen LogP contribution in [0.4, 0.5) is 10.5 Å². The van der Waals surface area contributed by atoms with Crippen molar-refractivity contribution in [1.29, 1.82) is 5.26 Å². The number of halogens is 1. The van der Waals surface area contributed by atoms with Gasteiger partial charge >= 0.3 is 6.03 Å². The molecule has 0 saturated carbocycles. The summed E-state index contributed by atoms with van der Waals surface area (Å²) in [6.07, 6.45) is 3.25. The largest absolute Gasteiger partial charge is 0.339 e. The van der Waals surface area contributed by atoms with Gasteiger partial charge < -0.3 is 9.47 Å². The number of imidazole rings is 1. The number of urea groups is 1. The molecule has 0 spiro atoms. The van der Waals surface area contributed by atoms with E-state index < -0.39 is 34.0 Å². The number of anilines is 1. The number of aryl methyl sites for hydroxylation is 1. The molecule has 0 N–H and O–H groups in total. The molecule has 2 aromatic rings. The van der Waals surface area contributed by atoms with Gasteiger partial charge in [0.05, 0.1) is 23.6 Å². The summed E-state index contributed by atoms with van der Waals surface area (Å²) < 4.78 is 29.6. The van der Waals surface area contributed by atoms with Gasteiger partial charge in [-0.3, -0.25) is 4.79 Å². The van der Waals surface area contributed by atoms with Gasteiger partial charge in [0, 0.05) is 29.4 Å². The minimum atomic E-state index is -3.87. The van der Waals surface area contributed by atoms with Gasteiger partial charge in [-0.05, 0) is 47.2 Å². The van der Waals surface area contributed by atoms with Crippen LogP contribution in [0.5, 0.6) is 0 Å². The second-order valence-electron chi connectivity index (χ2n) is 7.49. The number of hydrogen-bond donors (Lipinski definition) is 0. The highest BCUT2D eigenvalue weighted by Gasteiger charge is 2.64. The van der Waals surface area contributed by atoms with Crippen LogP contribution in [0.15, 0.2) is 35.7 Å². The zero-order chi connectivity index (χ0) is 21.4. The first kappa shape index (κ1) is 19.5. The Hall–Kier alpha value is -2.50. The summed E-state index contributed by atoms with van der Waals surface area (Å²) in [6.45, 7) is 0.137. The molecule has 154 valence electrons. The molecule has 5 rings (SSSR count). The number of rotatable bonds is 3. The third-order valence-electron chi connectivity index (χ3n) is 5.80. The molecule has 3 saturated heterocycles. The summed E-state index contributed by atoms with van der Waals surface area (Å²) >= 11 is 1.98. The molecule has 3 fully saturated rings. The molecule has 3 atom stereocenters. The van der Waals surface area contributed by atoms with Gasteiger partial charge in [-0.2, -0.15) is 9.57 Å². The van der Waals surface area contributed by atoms with Crippen LogP contribution in [0, 0.1) is 14.9 Å². The van der Waals surface area contributed by atoms with E-state index >= 15 is 0 Å². The van der Waals surface area contributed by atoms with Gasteiger partial charge in [0.25, 0.3) is 15.9 Å². The Morgan fingerprint density at radius 1 is 1.30 bits per heavy atom. The first-order chi connectivity index (χ1) is 14.2. The lowest BCUT2D eigenvalue weighted by Crippen LogP contribution is -2.54. The Labute approximate surface area is 185 Å². The molecule has 3 aliphatic rings. The number of carbonyl (C=O) groups is 2. The fourth-order valence-corrected chi connectivity index (χ4v) is 6.77. The number of carbonyl (C=O) groups excluding carboxylic acids is 2. The lowest BCUT2D eigenvalue weighted by atomic mass is 10.1. The van der Waals surface area contributed by atoms with Crippen LogP contribution in [0.25, 0.3) is 0 Å². The van der Waals surface area contributed by atoms with Crippen molar-refractivity contribution >= 4 is 50.2 Å². The van der Waals surface area contributed by atoms with Crippen molar-refractivity contribution in [1.82, 2.24) is 18.8 Å². The summed E-state index contributed by atoms with van der Waals surface area (Å²) in [5, 5.41) is 9.04. The normalized spacial score (nSPS) is 25.8. The summed E-state index contributed by atoms with van der Waals surface area (Å²) in [6, 6.07) is 4.49. The molecule has 3 amide bonds. The van der Waals surface area contributed by atoms with Crippen LogP contribution >= 0.6 is 22.6 Å². The van der Waals surface area contributed by atoms with E-state index in [-0.39, 0.29) is 17.6 Å². The summed E-state index contributed by atoms with van der Waals surface area (Å²) in [5.41, 5.74) is 0.827. The number of hydrogen-bond acceptors (Lipinski definition) is 6. The Bertz CT molecular complexity index is 1250. The van der Waals surface area contributed by atoms with Crippen molar-refractivity contribution in [3.63, 3.8) is 0 Å². The number of imide groups is 1. The van der Waals surface area contributed by atoms with E-state index in [1.54, 1.807) is 29.8 Å². The van der Waals surface area contributed by atoms with Crippen LogP contribution in [0.2, 0.25) is 0 Å². The number of fused-ring (bicyclic) bond motifs is 5. The predicted molar refractivity (Wildman–Crippen MR) is 112 cm³/mol. The topological polar surface area (TPSA) is 120 Å². The predicted octanol–water partition coefficient (Wildman–Crippen LogP) is 0.879. The molecule has 4 heterocycles. The van der Waals surface area contributed by atoms with Crippen LogP contribution in [-0.2, 0) is 21.9 Å². The Kier molecular flexibility index (Phi) is 4.21. The molecule has 12 heteroatoms. The maximum absolute atomic E-state index is 13.2. The molecule has 30 heavy (non-hydrogen) atoms. The van der Waals surface area contributed by atoms with Crippen LogP contribution in [-0.4, -0.2) is 63.8 Å². The van der Waals surface area contributed by atoms with Gasteiger partial charge in [0.15, 0.2) is 5.03 Å². The third-order valence-corrected chi connectivity index (χ3v) is 8.47. The fraction of sp³-hybridized carbons (Fsp3) is 0.333. The smallest absolute Gasteiger partial charge is 0.332 e. The standard InChI is InChI=1S/C18H15IN6O4S/c1-22-8-15(21-9-22)30(28,29)23-7-12-5-14(23)16-17(26)25(18(27)24(12)16)11-3-2-10(6-20)13(19)4-11/h2-4,8-9,12,14,16H,5,7H2,1H3/t12-,14-,16+/m0/s1. The van der Waals surface area contributed by atoms with E-state index in [0.717, 1.165) is 4.90 Å². The van der Waals surface area contributed by atoms with Gasteiger partial charge in [-0.15, -0.1) is 0 Å². The van der Waals surface area contributed by atoms with E-state index in [2.05, 4.69) is 11.1 Å². The van der Waals surface area contributed by atoms with Crippen LogP contribution in [0.1, 0.15) is 12.0 Å². The quantitative estimate of drug-likeness (QED) is 0.423. The molecular weight excluding hydrogens is 523 g/mol. The Morgan fingerprint density at radius 2 is 2.07 bits per heavy atom. The number of benzene rings is 1. The molecule has 10 nitrogen and oxygen atoms in total. The van der Waals surface area contributed by atoms with E-state index in [1.165, 1.54) is 21.7 Å². The molecule has 2 bridgehead atoms. The van der Waals surface area contributed by atoms with Gasteiger partial charge in [0.2, 0.25) is 0 Å². The average Bonchev–Trinajstić information content (AvgIpc) is 3.45. The van der Waals surface area contributed by atoms with Gasteiger partial charge in [-0.25, -0.2) is 23.1 Å². The van der Waals surface area contributed by atoms with E-state index in [9.17, 15) is 18.0 Å². The highest BCUT2D eigenvalue weighted by molar-refractivity contribution is 14.1. The molecule has 0 radical (unpaired) electrons. The zero-order valence-electron chi connectivity index (χ0n) is 15.6. The van der Waals surface area contributed by atoms with Crippen LogP contribution < -0.4 is 4.90 Å². The second kappa shape index (κ2) is 6.50. The first-order valence-corrected chi connectivity index (χ1v) is 11.6. The number of nitriles is 1. The first-order valence-electron chi connectivity index (χ1n) is 9.10. The molecule has 0 aliphatic carbocycles. The third kappa shape index (κ3) is 2.55. The molecule has 0 unspecified atom stereocenters. The summed E-state index contributed by atoms with van der Waals surface area (Å²) in [5.74, 6) is -0.450. The zero-order valence-corrected chi connectivity index (χ0v) is 18.6. The van der Waals surface area contributed by atoms with Crippen LogP contribution in [0.3, 0.4) is 0 Å². The van der Waals surface area contributed by atoms with Crippen molar-refractivity contribution < 1.29 is 18.0 Å². The van der Waals surface area contributed by atoms with E-state index in [4.69, 9.17) is 5.26 Å². The fourth-order valence-electron chi connectivity index (χ4n) is 4.51. The van der Waals surface area contributed by atoms with Gasteiger partial charge in [0.1, 0.15) is 12.1 Å². The Morgan fingerprint density at radius 3 is 2.70 bits per heavy atom. The number of sulfonamides is 1. The molecule has 3 aliphatic heterocycles. The maximum atomic E-state index is 13.2. The second-order valence-corrected chi connectivity index (χ2v) is 10.5. The molecule has 1 aromatic heterocycles. The summed E-state index contributed by atoms with van der Waals surface area (Å²) in [4.78, 5) is 32.8. The number of amides is 3. The molecule has 1 aromatic carbocycles. The van der Waals surface area contributed by atoms with E-state index in [1.807, 2.05) is 22.6 Å². The van der Waals surface area contributed by atoms with E-state index in [0.29, 0.717) is 21.2 Å². The highest BCUT2D eigenvalue weighted by atomic mass is 127. The van der Waals surface area contributed by atoms with Crippen molar-refractivity contribution in [2.75, 3.05) is 11.4 Å². The number of aromatic nitrogens is 2. The van der Waals surface area contributed by atoms with Gasteiger partial charge in [-0.1, -0.05) is 0 Å².